The first kappa shape index (κ1) is 13.4. The lowest BCUT2D eigenvalue weighted by atomic mass is 9.77. The first-order valence-corrected chi connectivity index (χ1v) is 8.55. The van der Waals surface area contributed by atoms with Gasteiger partial charge >= 0.3 is 0 Å². The zero-order valence-corrected chi connectivity index (χ0v) is 12.8. The van der Waals surface area contributed by atoms with Gasteiger partial charge in [-0.15, -0.1) is 0 Å². The molecule has 1 saturated carbocycles. The quantitative estimate of drug-likeness (QED) is 0.900. The zero-order valence-electron chi connectivity index (χ0n) is 12.8. The number of likely N-dealkylation sites (tertiary alicyclic amines) is 1. The van der Waals surface area contributed by atoms with E-state index in [4.69, 9.17) is 4.74 Å². The van der Waals surface area contributed by atoms with E-state index in [-0.39, 0.29) is 6.10 Å². The molecule has 0 amide bonds. The van der Waals surface area contributed by atoms with Crippen LogP contribution in [0.25, 0.3) is 0 Å². The van der Waals surface area contributed by atoms with Gasteiger partial charge in [-0.1, -0.05) is 25.0 Å². The monoisotopic (exact) mass is 286 g/mol. The Labute approximate surface area is 127 Å². The number of ether oxygens (including phenoxy) is 1. The van der Waals surface area contributed by atoms with Gasteiger partial charge < -0.3 is 10.1 Å². The lowest BCUT2D eigenvalue weighted by molar-refractivity contribution is 0.0711. The van der Waals surface area contributed by atoms with Crippen LogP contribution in [-0.4, -0.2) is 37.2 Å². The Morgan fingerprint density at radius 3 is 2.67 bits per heavy atom. The lowest BCUT2D eigenvalue weighted by Gasteiger charge is -2.41. The molecule has 3 heteroatoms. The van der Waals surface area contributed by atoms with Crippen molar-refractivity contribution < 1.29 is 4.74 Å². The maximum atomic E-state index is 6.15. The minimum Gasteiger partial charge on any atom is -0.485 e. The fourth-order valence-electron chi connectivity index (χ4n) is 4.39. The molecule has 2 aliphatic heterocycles. The molecule has 114 valence electrons. The molecule has 3 aliphatic rings. The third kappa shape index (κ3) is 2.76. The Kier molecular flexibility index (Phi) is 3.54. The van der Waals surface area contributed by atoms with Crippen LogP contribution in [0.4, 0.5) is 5.69 Å². The summed E-state index contributed by atoms with van der Waals surface area (Å²) in [6.07, 6.45) is 9.00. The molecule has 1 unspecified atom stereocenters. The van der Waals surface area contributed by atoms with Crippen LogP contribution in [0.5, 0.6) is 5.75 Å². The van der Waals surface area contributed by atoms with E-state index in [1.165, 1.54) is 51.6 Å². The lowest BCUT2D eigenvalue weighted by Crippen LogP contribution is -2.46. The SMILES string of the molecule is c1ccc2c(c1)NCC(CN1CCC3(CCCC3)CC1)O2. The van der Waals surface area contributed by atoms with Gasteiger partial charge in [-0.05, 0) is 56.3 Å². The highest BCUT2D eigenvalue weighted by Gasteiger charge is 2.37. The average molecular weight is 286 g/mol. The Bertz CT molecular complexity index is 486. The van der Waals surface area contributed by atoms with Crippen LogP contribution >= 0.6 is 0 Å². The fraction of sp³-hybridized carbons (Fsp3) is 0.667. The number of hydrogen-bond donors (Lipinski definition) is 1. The van der Waals surface area contributed by atoms with Gasteiger partial charge in [-0.2, -0.15) is 0 Å². The number of nitrogens with one attached hydrogen (secondary N) is 1. The zero-order chi connectivity index (χ0) is 14.1. The number of benzene rings is 1. The highest BCUT2D eigenvalue weighted by Crippen LogP contribution is 2.46. The number of anilines is 1. The standard InChI is InChI=1S/C18H26N2O/c1-2-6-17-16(5-1)19-13-15(21-17)14-20-11-9-18(10-12-20)7-3-4-8-18/h1-2,5-6,15,19H,3-4,7-14H2. The summed E-state index contributed by atoms with van der Waals surface area (Å²) in [6.45, 7) is 4.53. The second kappa shape index (κ2) is 5.53. The summed E-state index contributed by atoms with van der Waals surface area (Å²) in [5.41, 5.74) is 1.85. The summed E-state index contributed by atoms with van der Waals surface area (Å²) in [5, 5.41) is 3.50. The molecule has 0 bridgehead atoms. The van der Waals surface area contributed by atoms with E-state index in [1.54, 1.807) is 0 Å². The molecule has 1 N–H and O–H groups in total. The van der Waals surface area contributed by atoms with E-state index >= 15 is 0 Å². The Morgan fingerprint density at radius 1 is 1.10 bits per heavy atom. The van der Waals surface area contributed by atoms with Gasteiger partial charge in [0.05, 0.1) is 12.2 Å². The highest BCUT2D eigenvalue weighted by atomic mass is 16.5. The summed E-state index contributed by atoms with van der Waals surface area (Å²) in [6, 6.07) is 8.27. The van der Waals surface area contributed by atoms with Crippen molar-refractivity contribution in [1.82, 2.24) is 4.90 Å². The molecule has 3 nitrogen and oxygen atoms in total. The summed E-state index contributed by atoms with van der Waals surface area (Å²) >= 11 is 0. The van der Waals surface area contributed by atoms with Crippen molar-refractivity contribution in [1.29, 1.82) is 0 Å². The Hall–Kier alpha value is -1.22. The molecule has 0 aromatic heterocycles. The van der Waals surface area contributed by atoms with Crippen molar-refractivity contribution in [3.8, 4) is 5.75 Å². The van der Waals surface area contributed by atoms with Crippen molar-refractivity contribution in [3.63, 3.8) is 0 Å². The third-order valence-corrected chi connectivity index (χ3v) is 5.74. The summed E-state index contributed by atoms with van der Waals surface area (Å²) in [5.74, 6) is 1.01. The maximum absolute atomic E-state index is 6.15. The van der Waals surface area contributed by atoms with Gasteiger partial charge in [0.1, 0.15) is 11.9 Å². The molecule has 2 fully saturated rings. The number of hydrogen-bond acceptors (Lipinski definition) is 3. The first-order valence-electron chi connectivity index (χ1n) is 8.55. The molecule has 4 rings (SSSR count). The van der Waals surface area contributed by atoms with E-state index in [9.17, 15) is 0 Å². The van der Waals surface area contributed by atoms with Gasteiger partial charge in [-0.3, -0.25) is 4.90 Å². The minimum atomic E-state index is 0.289. The summed E-state index contributed by atoms with van der Waals surface area (Å²) in [7, 11) is 0. The molecule has 21 heavy (non-hydrogen) atoms. The number of nitrogens with zero attached hydrogens (tertiary/aromatic N) is 1. The average Bonchev–Trinajstić information content (AvgIpc) is 2.98. The van der Waals surface area contributed by atoms with E-state index in [2.05, 4.69) is 28.4 Å². The second-order valence-corrected chi connectivity index (χ2v) is 7.12. The van der Waals surface area contributed by atoms with Crippen LogP contribution in [0.2, 0.25) is 0 Å². The van der Waals surface area contributed by atoms with E-state index in [1.807, 2.05) is 6.07 Å². The van der Waals surface area contributed by atoms with Crippen molar-refractivity contribution in [2.45, 2.75) is 44.6 Å². The van der Waals surface area contributed by atoms with Crippen LogP contribution in [0.1, 0.15) is 38.5 Å². The predicted molar refractivity (Wildman–Crippen MR) is 85.9 cm³/mol. The number of para-hydroxylation sites is 2. The molecular weight excluding hydrogens is 260 g/mol. The van der Waals surface area contributed by atoms with Crippen LogP contribution in [0.3, 0.4) is 0 Å². The van der Waals surface area contributed by atoms with Crippen molar-refractivity contribution in [2.24, 2.45) is 5.41 Å². The van der Waals surface area contributed by atoms with E-state index < -0.39 is 0 Å². The van der Waals surface area contributed by atoms with E-state index in [0.29, 0.717) is 0 Å². The maximum Gasteiger partial charge on any atom is 0.142 e. The highest BCUT2D eigenvalue weighted by molar-refractivity contribution is 5.57. The molecule has 1 saturated heterocycles. The molecule has 2 heterocycles. The van der Waals surface area contributed by atoms with Crippen molar-refractivity contribution in [3.05, 3.63) is 24.3 Å². The van der Waals surface area contributed by atoms with Crippen LogP contribution < -0.4 is 10.1 Å². The molecule has 1 aromatic rings. The van der Waals surface area contributed by atoms with Gasteiger partial charge in [0, 0.05) is 6.54 Å². The normalized spacial score (nSPS) is 27.9. The number of rotatable bonds is 2. The number of fused-ring (bicyclic) bond motifs is 1. The molecular formula is C18H26N2O. The van der Waals surface area contributed by atoms with Gasteiger partial charge in [0.2, 0.25) is 0 Å². The van der Waals surface area contributed by atoms with E-state index in [0.717, 1.165) is 29.9 Å². The first-order chi connectivity index (χ1) is 10.3. The molecule has 1 aromatic carbocycles. The Morgan fingerprint density at radius 2 is 1.86 bits per heavy atom. The summed E-state index contributed by atoms with van der Waals surface area (Å²) < 4.78 is 6.15. The smallest absolute Gasteiger partial charge is 0.142 e. The second-order valence-electron chi connectivity index (χ2n) is 7.12. The fourth-order valence-corrected chi connectivity index (χ4v) is 4.39. The molecule has 0 radical (unpaired) electrons. The van der Waals surface area contributed by atoms with Crippen LogP contribution in [-0.2, 0) is 0 Å². The van der Waals surface area contributed by atoms with Crippen LogP contribution in [0.15, 0.2) is 24.3 Å². The largest absolute Gasteiger partial charge is 0.485 e. The van der Waals surface area contributed by atoms with Crippen molar-refractivity contribution in [2.75, 3.05) is 31.5 Å². The topological polar surface area (TPSA) is 24.5 Å². The van der Waals surface area contributed by atoms with Crippen LogP contribution in [0, 0.1) is 5.41 Å². The summed E-state index contributed by atoms with van der Waals surface area (Å²) in [4.78, 5) is 2.61. The van der Waals surface area contributed by atoms with Gasteiger partial charge in [0.15, 0.2) is 0 Å². The van der Waals surface area contributed by atoms with Crippen molar-refractivity contribution >= 4 is 5.69 Å². The molecule has 1 spiro atoms. The van der Waals surface area contributed by atoms with Gasteiger partial charge in [-0.25, -0.2) is 0 Å². The minimum absolute atomic E-state index is 0.289. The van der Waals surface area contributed by atoms with Gasteiger partial charge in [0.25, 0.3) is 0 Å². The number of piperidine rings is 1. The molecule has 1 atom stereocenters. The third-order valence-electron chi connectivity index (χ3n) is 5.74. The molecule has 1 aliphatic carbocycles. The predicted octanol–water partition coefficient (Wildman–Crippen LogP) is 3.52. The Balaban J connectivity index is 1.32.